The number of aryl methyl sites for hydroxylation is 1. The van der Waals surface area contributed by atoms with Crippen LogP contribution in [-0.4, -0.2) is 24.9 Å². The summed E-state index contributed by atoms with van der Waals surface area (Å²) in [6.45, 7) is 3.20. The zero-order valence-electron chi connectivity index (χ0n) is 14.7. The first-order chi connectivity index (χ1) is 12.4. The van der Waals surface area contributed by atoms with E-state index in [-0.39, 0.29) is 23.5 Å². The summed E-state index contributed by atoms with van der Waals surface area (Å²) >= 11 is 0. The Labute approximate surface area is 152 Å². The first-order valence-electron chi connectivity index (χ1n) is 8.66. The molecule has 0 radical (unpaired) electrons. The molecule has 0 unspecified atom stereocenters. The van der Waals surface area contributed by atoms with Crippen LogP contribution in [0.2, 0.25) is 0 Å². The van der Waals surface area contributed by atoms with Crippen LogP contribution < -0.4 is 16.0 Å². The second-order valence-corrected chi connectivity index (χ2v) is 6.63. The molecule has 1 saturated heterocycles. The number of carbonyl (C=O) groups excluding carboxylic acids is 2. The third-order valence-electron chi connectivity index (χ3n) is 4.81. The fourth-order valence-corrected chi connectivity index (χ4v) is 3.17. The molecule has 5 nitrogen and oxygen atoms in total. The fourth-order valence-electron chi connectivity index (χ4n) is 3.17. The maximum atomic E-state index is 13.3. The lowest BCUT2D eigenvalue weighted by atomic mass is 9.96. The van der Waals surface area contributed by atoms with Gasteiger partial charge in [0.15, 0.2) is 0 Å². The molecular formula is C20H22FN3O2. The van der Waals surface area contributed by atoms with Crippen LogP contribution in [0.4, 0.5) is 15.8 Å². The van der Waals surface area contributed by atoms with Crippen LogP contribution in [-0.2, 0) is 4.79 Å². The monoisotopic (exact) mass is 355 g/mol. The van der Waals surface area contributed by atoms with Crippen molar-refractivity contribution in [2.24, 2.45) is 11.7 Å². The number of piperidine rings is 1. The third kappa shape index (κ3) is 4.02. The topological polar surface area (TPSA) is 75.4 Å². The van der Waals surface area contributed by atoms with Gasteiger partial charge >= 0.3 is 0 Å². The fraction of sp³-hybridized carbons (Fsp3) is 0.300. The van der Waals surface area contributed by atoms with Crippen LogP contribution in [0.1, 0.15) is 28.8 Å². The summed E-state index contributed by atoms with van der Waals surface area (Å²) in [7, 11) is 0. The molecule has 0 aliphatic carbocycles. The number of rotatable bonds is 4. The Bertz CT molecular complexity index is 812. The molecule has 2 aromatic carbocycles. The predicted octanol–water partition coefficient (Wildman–Crippen LogP) is 3.09. The van der Waals surface area contributed by atoms with Gasteiger partial charge in [0.05, 0.1) is 0 Å². The van der Waals surface area contributed by atoms with Crippen molar-refractivity contribution in [3.8, 4) is 0 Å². The molecule has 0 spiro atoms. The lowest BCUT2D eigenvalue weighted by Crippen LogP contribution is -2.38. The van der Waals surface area contributed by atoms with Gasteiger partial charge in [-0.2, -0.15) is 0 Å². The number of anilines is 2. The maximum Gasteiger partial charge on any atom is 0.255 e. The highest BCUT2D eigenvalue weighted by Crippen LogP contribution is 2.24. The van der Waals surface area contributed by atoms with Gasteiger partial charge in [-0.25, -0.2) is 4.39 Å². The second kappa shape index (κ2) is 7.56. The lowest BCUT2D eigenvalue weighted by Gasteiger charge is -2.32. The van der Waals surface area contributed by atoms with Crippen LogP contribution in [0, 0.1) is 18.7 Å². The largest absolute Gasteiger partial charge is 0.371 e. The van der Waals surface area contributed by atoms with Crippen LogP contribution >= 0.6 is 0 Å². The molecular weight excluding hydrogens is 333 g/mol. The smallest absolute Gasteiger partial charge is 0.255 e. The molecule has 1 aliphatic heterocycles. The van der Waals surface area contributed by atoms with Crippen molar-refractivity contribution < 1.29 is 14.0 Å². The van der Waals surface area contributed by atoms with Crippen LogP contribution in [0.3, 0.4) is 0 Å². The van der Waals surface area contributed by atoms with Gasteiger partial charge in [0.1, 0.15) is 5.82 Å². The summed E-state index contributed by atoms with van der Waals surface area (Å²) in [6.07, 6.45) is 1.52. The Kier molecular flexibility index (Phi) is 5.21. The Balaban J connectivity index is 1.62. The van der Waals surface area contributed by atoms with Gasteiger partial charge in [-0.1, -0.05) is 0 Å². The number of halogens is 1. The number of nitrogens with zero attached hydrogens (tertiary/aromatic N) is 1. The van der Waals surface area contributed by atoms with Crippen molar-refractivity contribution in [2.45, 2.75) is 19.8 Å². The molecule has 0 aromatic heterocycles. The van der Waals surface area contributed by atoms with Crippen molar-refractivity contribution in [1.82, 2.24) is 0 Å². The number of benzene rings is 2. The summed E-state index contributed by atoms with van der Waals surface area (Å²) in [5.41, 5.74) is 7.94. The van der Waals surface area contributed by atoms with E-state index in [1.807, 2.05) is 24.3 Å². The van der Waals surface area contributed by atoms with E-state index in [2.05, 4.69) is 10.2 Å². The van der Waals surface area contributed by atoms with Crippen molar-refractivity contribution in [1.29, 1.82) is 0 Å². The minimum Gasteiger partial charge on any atom is -0.371 e. The minimum atomic E-state index is -0.328. The van der Waals surface area contributed by atoms with Gasteiger partial charge in [0, 0.05) is 35.9 Å². The Morgan fingerprint density at radius 2 is 1.77 bits per heavy atom. The molecule has 136 valence electrons. The molecule has 1 heterocycles. The van der Waals surface area contributed by atoms with Crippen molar-refractivity contribution in [2.75, 3.05) is 23.3 Å². The zero-order chi connectivity index (χ0) is 18.7. The van der Waals surface area contributed by atoms with Crippen molar-refractivity contribution in [3.63, 3.8) is 0 Å². The van der Waals surface area contributed by atoms with Gasteiger partial charge in [0.25, 0.3) is 5.91 Å². The molecule has 6 heteroatoms. The molecule has 2 amide bonds. The van der Waals surface area contributed by atoms with Gasteiger partial charge in [-0.15, -0.1) is 0 Å². The third-order valence-corrected chi connectivity index (χ3v) is 4.81. The summed E-state index contributed by atoms with van der Waals surface area (Å²) < 4.78 is 13.3. The van der Waals surface area contributed by atoms with Crippen molar-refractivity contribution >= 4 is 23.2 Å². The van der Waals surface area contributed by atoms with E-state index in [1.165, 1.54) is 18.2 Å². The average molecular weight is 355 g/mol. The van der Waals surface area contributed by atoms with E-state index >= 15 is 0 Å². The van der Waals surface area contributed by atoms with Crippen LogP contribution in [0.25, 0.3) is 0 Å². The number of hydrogen-bond donors (Lipinski definition) is 2. The lowest BCUT2D eigenvalue weighted by molar-refractivity contribution is -0.122. The quantitative estimate of drug-likeness (QED) is 0.885. The number of amides is 2. The van der Waals surface area contributed by atoms with Crippen LogP contribution in [0.5, 0.6) is 0 Å². The number of carbonyl (C=O) groups is 2. The first-order valence-corrected chi connectivity index (χ1v) is 8.66. The standard InChI is InChI=1S/C20H22FN3O2/c1-13-12-15(2-7-18(13)21)20(26)23-16-3-5-17(6-4-16)24-10-8-14(9-11-24)19(22)25/h2-7,12,14H,8-11H2,1H3,(H2,22,25)(H,23,26). The highest BCUT2D eigenvalue weighted by atomic mass is 19.1. The molecule has 3 rings (SSSR count). The average Bonchev–Trinajstić information content (AvgIpc) is 2.64. The second-order valence-electron chi connectivity index (χ2n) is 6.63. The summed E-state index contributed by atoms with van der Waals surface area (Å²) in [5, 5.41) is 2.82. The van der Waals surface area contributed by atoms with Gasteiger partial charge in [-0.05, 0) is 67.8 Å². The number of nitrogens with two attached hydrogens (primary N) is 1. The molecule has 2 aromatic rings. The maximum absolute atomic E-state index is 13.3. The summed E-state index contributed by atoms with van der Waals surface area (Å²) in [6, 6.07) is 11.8. The molecule has 0 atom stereocenters. The zero-order valence-corrected chi connectivity index (χ0v) is 14.7. The van der Waals surface area contributed by atoms with E-state index in [9.17, 15) is 14.0 Å². The van der Waals surface area contributed by atoms with E-state index in [4.69, 9.17) is 5.73 Å². The van der Waals surface area contributed by atoms with E-state index in [1.54, 1.807) is 6.92 Å². The SMILES string of the molecule is Cc1cc(C(=O)Nc2ccc(N3CCC(C(N)=O)CC3)cc2)ccc1F. The molecule has 1 fully saturated rings. The van der Waals surface area contributed by atoms with Gasteiger partial charge in [-0.3, -0.25) is 9.59 Å². The molecule has 0 saturated carbocycles. The normalized spacial score (nSPS) is 14.9. The van der Waals surface area contributed by atoms with E-state index in [0.29, 0.717) is 16.8 Å². The minimum absolute atomic E-state index is 0.0380. The molecule has 3 N–H and O–H groups in total. The molecule has 1 aliphatic rings. The van der Waals surface area contributed by atoms with Gasteiger partial charge < -0.3 is 16.0 Å². The highest BCUT2D eigenvalue weighted by molar-refractivity contribution is 6.04. The number of nitrogens with one attached hydrogen (secondary N) is 1. The predicted molar refractivity (Wildman–Crippen MR) is 99.7 cm³/mol. The first kappa shape index (κ1) is 17.9. The Morgan fingerprint density at radius 3 is 2.35 bits per heavy atom. The van der Waals surface area contributed by atoms with E-state index < -0.39 is 0 Å². The Hall–Kier alpha value is -2.89. The summed E-state index contributed by atoms with van der Waals surface area (Å²) in [5.74, 6) is -0.864. The number of hydrogen-bond acceptors (Lipinski definition) is 3. The summed E-state index contributed by atoms with van der Waals surface area (Å²) in [4.78, 5) is 25.7. The van der Waals surface area contributed by atoms with Crippen molar-refractivity contribution in [3.05, 3.63) is 59.4 Å². The van der Waals surface area contributed by atoms with Crippen LogP contribution in [0.15, 0.2) is 42.5 Å². The van der Waals surface area contributed by atoms with E-state index in [0.717, 1.165) is 31.6 Å². The van der Waals surface area contributed by atoms with Gasteiger partial charge in [0.2, 0.25) is 5.91 Å². The Morgan fingerprint density at radius 1 is 1.12 bits per heavy atom. The molecule has 0 bridgehead atoms. The number of primary amides is 1. The molecule has 26 heavy (non-hydrogen) atoms. The highest BCUT2D eigenvalue weighted by Gasteiger charge is 2.23.